The zero-order valence-corrected chi connectivity index (χ0v) is 8.16. The molecule has 0 aliphatic heterocycles. The molecule has 0 aliphatic carbocycles. The summed E-state index contributed by atoms with van der Waals surface area (Å²) in [5, 5.41) is 23.7. The van der Waals surface area contributed by atoms with Crippen molar-refractivity contribution >= 4 is 5.97 Å². The van der Waals surface area contributed by atoms with Crippen LogP contribution in [0.3, 0.4) is 0 Å². The molecular weight excluding hydrogens is 172 g/mol. The molecule has 0 spiro atoms. The second kappa shape index (κ2) is 11.1. The number of carboxylic acids is 1. The fourth-order valence-electron chi connectivity index (χ4n) is 0.629. The Hall–Kier alpha value is -0.870. The molecule has 0 amide bonds. The predicted octanol–water partition coefficient (Wildman–Crippen LogP) is 0.788. The summed E-state index contributed by atoms with van der Waals surface area (Å²) in [6.45, 7) is 3.52. The van der Waals surface area contributed by atoms with Crippen LogP contribution in [0.25, 0.3) is 0 Å². The first-order chi connectivity index (χ1) is 6.13. The van der Waals surface area contributed by atoms with Crippen molar-refractivity contribution in [3.8, 4) is 0 Å². The minimum atomic E-state index is -0.792. The highest BCUT2D eigenvalue weighted by Crippen LogP contribution is 2.00. The fraction of sp³-hybridized carbons (Fsp3) is 0.667. The van der Waals surface area contributed by atoms with Crippen molar-refractivity contribution in [2.45, 2.75) is 26.7 Å². The zero-order valence-electron chi connectivity index (χ0n) is 8.16. The van der Waals surface area contributed by atoms with Crippen molar-refractivity contribution in [2.75, 3.05) is 13.2 Å². The minimum Gasteiger partial charge on any atom is -0.478 e. The van der Waals surface area contributed by atoms with E-state index in [1.165, 1.54) is 0 Å². The van der Waals surface area contributed by atoms with Crippen LogP contribution in [0.5, 0.6) is 0 Å². The maximum absolute atomic E-state index is 10.3. The van der Waals surface area contributed by atoms with Crippen LogP contribution in [0.1, 0.15) is 26.7 Å². The summed E-state index contributed by atoms with van der Waals surface area (Å²) in [5.41, 5.74) is 0.512. The normalized spacial score (nSPS) is 10.3. The summed E-state index contributed by atoms with van der Waals surface area (Å²) in [5.74, 6) is -0.792. The van der Waals surface area contributed by atoms with Gasteiger partial charge in [-0.25, -0.2) is 4.79 Å². The van der Waals surface area contributed by atoms with E-state index in [0.29, 0.717) is 12.0 Å². The number of aliphatic carboxylic acids is 1. The van der Waals surface area contributed by atoms with E-state index in [0.717, 1.165) is 6.42 Å². The number of aliphatic hydroxyl groups excluding tert-OH is 2. The minimum absolute atomic E-state index is 0.125. The van der Waals surface area contributed by atoms with Gasteiger partial charge in [0, 0.05) is 5.57 Å². The quantitative estimate of drug-likeness (QED) is 0.573. The Labute approximate surface area is 78.5 Å². The average molecular weight is 190 g/mol. The van der Waals surface area contributed by atoms with Crippen molar-refractivity contribution in [1.82, 2.24) is 0 Å². The highest BCUT2D eigenvalue weighted by molar-refractivity contribution is 5.86. The SMILES string of the molecule is CCC=C(CC)C(=O)O.OCCO. The van der Waals surface area contributed by atoms with Gasteiger partial charge >= 0.3 is 5.97 Å². The predicted molar refractivity (Wildman–Crippen MR) is 50.5 cm³/mol. The number of allylic oxidation sites excluding steroid dienone is 1. The smallest absolute Gasteiger partial charge is 0.331 e. The molecule has 0 atom stereocenters. The molecule has 3 N–H and O–H groups in total. The molecule has 0 bridgehead atoms. The summed E-state index contributed by atoms with van der Waals surface area (Å²) in [6, 6.07) is 0. The fourth-order valence-corrected chi connectivity index (χ4v) is 0.629. The van der Waals surface area contributed by atoms with Crippen molar-refractivity contribution in [3.63, 3.8) is 0 Å². The topological polar surface area (TPSA) is 77.8 Å². The van der Waals surface area contributed by atoms with Crippen LogP contribution in [0.2, 0.25) is 0 Å². The van der Waals surface area contributed by atoms with Gasteiger partial charge in [-0.05, 0) is 12.8 Å². The molecule has 0 aromatic rings. The van der Waals surface area contributed by atoms with Gasteiger partial charge < -0.3 is 15.3 Å². The van der Waals surface area contributed by atoms with Gasteiger partial charge in [0.1, 0.15) is 0 Å². The molecule has 0 unspecified atom stereocenters. The van der Waals surface area contributed by atoms with Crippen LogP contribution in [0.15, 0.2) is 11.6 Å². The van der Waals surface area contributed by atoms with E-state index < -0.39 is 5.97 Å². The van der Waals surface area contributed by atoms with E-state index in [9.17, 15) is 4.79 Å². The van der Waals surface area contributed by atoms with Gasteiger partial charge in [0.15, 0.2) is 0 Å². The Morgan fingerprint density at radius 2 is 1.69 bits per heavy atom. The molecule has 0 aliphatic rings. The van der Waals surface area contributed by atoms with Crippen molar-refractivity contribution < 1.29 is 20.1 Å². The van der Waals surface area contributed by atoms with Gasteiger partial charge in [0.2, 0.25) is 0 Å². The average Bonchev–Trinajstić information content (AvgIpc) is 2.14. The molecule has 13 heavy (non-hydrogen) atoms. The maximum Gasteiger partial charge on any atom is 0.331 e. The number of rotatable bonds is 4. The lowest BCUT2D eigenvalue weighted by Crippen LogP contribution is -1.98. The second-order valence-corrected chi connectivity index (χ2v) is 2.24. The van der Waals surface area contributed by atoms with E-state index >= 15 is 0 Å². The largest absolute Gasteiger partial charge is 0.478 e. The number of hydrogen-bond acceptors (Lipinski definition) is 3. The molecule has 0 rings (SSSR count). The molecule has 0 saturated heterocycles. The Bertz CT molecular complexity index is 150. The van der Waals surface area contributed by atoms with Gasteiger partial charge in [-0.1, -0.05) is 19.9 Å². The Kier molecular flexibility index (Phi) is 12.5. The molecule has 0 saturated carbocycles. The third-order valence-electron chi connectivity index (χ3n) is 1.21. The van der Waals surface area contributed by atoms with Crippen LogP contribution in [-0.2, 0) is 4.79 Å². The zero-order chi connectivity index (χ0) is 10.7. The van der Waals surface area contributed by atoms with Gasteiger partial charge in [0.25, 0.3) is 0 Å². The third-order valence-corrected chi connectivity index (χ3v) is 1.21. The molecule has 0 radical (unpaired) electrons. The molecule has 0 aromatic carbocycles. The summed E-state index contributed by atoms with van der Waals surface area (Å²) < 4.78 is 0. The second-order valence-electron chi connectivity index (χ2n) is 2.24. The summed E-state index contributed by atoms with van der Waals surface area (Å²) in [4.78, 5) is 10.3. The standard InChI is InChI=1S/C7H12O2.C2H6O2/c1-3-5-6(4-2)7(8)9;3-1-2-4/h5H,3-4H2,1-2H3,(H,8,9);3-4H,1-2H2. The highest BCUT2D eigenvalue weighted by atomic mass is 16.4. The lowest BCUT2D eigenvalue weighted by molar-refractivity contribution is -0.132. The lowest BCUT2D eigenvalue weighted by Gasteiger charge is -1.93. The van der Waals surface area contributed by atoms with Gasteiger partial charge in [-0.3, -0.25) is 0 Å². The number of aliphatic hydroxyl groups is 2. The van der Waals surface area contributed by atoms with Crippen LogP contribution in [0.4, 0.5) is 0 Å². The van der Waals surface area contributed by atoms with Crippen molar-refractivity contribution in [3.05, 3.63) is 11.6 Å². The summed E-state index contributed by atoms with van der Waals surface area (Å²) in [6.07, 6.45) is 3.15. The molecule has 0 heterocycles. The van der Waals surface area contributed by atoms with E-state index in [4.69, 9.17) is 15.3 Å². The van der Waals surface area contributed by atoms with Gasteiger partial charge in [-0.15, -0.1) is 0 Å². The van der Waals surface area contributed by atoms with Crippen LogP contribution in [-0.4, -0.2) is 34.5 Å². The van der Waals surface area contributed by atoms with E-state index in [-0.39, 0.29) is 13.2 Å². The molecular formula is C9H18O4. The Morgan fingerprint density at radius 1 is 1.23 bits per heavy atom. The maximum atomic E-state index is 10.3. The summed E-state index contributed by atoms with van der Waals surface area (Å²) >= 11 is 0. The number of carbonyl (C=O) groups is 1. The first-order valence-electron chi connectivity index (χ1n) is 4.27. The van der Waals surface area contributed by atoms with E-state index in [1.54, 1.807) is 6.08 Å². The van der Waals surface area contributed by atoms with Crippen molar-refractivity contribution in [2.24, 2.45) is 0 Å². The first kappa shape index (κ1) is 14.6. The Balaban J connectivity index is 0. The molecule has 0 aromatic heterocycles. The van der Waals surface area contributed by atoms with Crippen LogP contribution >= 0.6 is 0 Å². The molecule has 78 valence electrons. The monoisotopic (exact) mass is 190 g/mol. The lowest BCUT2D eigenvalue weighted by atomic mass is 10.2. The number of hydrogen-bond donors (Lipinski definition) is 3. The van der Waals surface area contributed by atoms with Gasteiger partial charge in [0.05, 0.1) is 13.2 Å². The van der Waals surface area contributed by atoms with Crippen LogP contribution in [0, 0.1) is 0 Å². The van der Waals surface area contributed by atoms with Gasteiger partial charge in [-0.2, -0.15) is 0 Å². The summed E-state index contributed by atoms with van der Waals surface area (Å²) in [7, 11) is 0. The van der Waals surface area contributed by atoms with Crippen LogP contribution < -0.4 is 0 Å². The van der Waals surface area contributed by atoms with E-state index in [1.807, 2.05) is 13.8 Å². The molecule has 0 fully saturated rings. The highest BCUT2D eigenvalue weighted by Gasteiger charge is 2.00. The molecule has 4 nitrogen and oxygen atoms in total. The first-order valence-corrected chi connectivity index (χ1v) is 4.27. The van der Waals surface area contributed by atoms with Crippen molar-refractivity contribution in [1.29, 1.82) is 0 Å². The third kappa shape index (κ3) is 11.1. The Morgan fingerprint density at radius 3 is 1.77 bits per heavy atom. The number of carboxylic acid groups (broad SMARTS) is 1. The van der Waals surface area contributed by atoms with E-state index in [2.05, 4.69) is 0 Å². The molecule has 4 heteroatoms.